The maximum absolute atomic E-state index is 11.8. The van der Waals surface area contributed by atoms with E-state index in [1.54, 1.807) is 0 Å². The Morgan fingerprint density at radius 2 is 1.37 bits per heavy atom. The predicted molar refractivity (Wildman–Crippen MR) is 145 cm³/mol. The molecule has 0 aromatic rings. The van der Waals surface area contributed by atoms with E-state index in [4.69, 9.17) is 9.66 Å². The van der Waals surface area contributed by atoms with Crippen LogP contribution in [0.3, 0.4) is 0 Å². The van der Waals surface area contributed by atoms with Crippen LogP contribution in [0.15, 0.2) is 12.7 Å². The first-order chi connectivity index (χ1) is 16.8. The van der Waals surface area contributed by atoms with Crippen LogP contribution in [0.4, 0.5) is 0 Å². The average molecular weight is 523 g/mol. The molecule has 3 N–H and O–H groups in total. The fourth-order valence-corrected chi connectivity index (χ4v) is 3.98. The molecule has 9 heteroatoms. The highest BCUT2D eigenvalue weighted by Crippen LogP contribution is 2.13. The zero-order chi connectivity index (χ0) is 26.6. The SMILES string of the molecule is C=CCCCCCCCCCCCCCCCC(=O)NCCN(CC)CCO.CCOS(=O)(=O)O. The van der Waals surface area contributed by atoms with Crippen LogP contribution in [0, 0.1) is 0 Å². The second kappa shape index (κ2) is 27.6. The Morgan fingerprint density at radius 1 is 0.886 bits per heavy atom. The molecule has 0 radical (unpaired) electrons. The number of carbonyl (C=O) groups excluding carboxylic acids is 1. The molecule has 0 aliphatic heterocycles. The van der Waals surface area contributed by atoms with Gasteiger partial charge in [0.25, 0.3) is 0 Å². The molecule has 8 nitrogen and oxygen atoms in total. The summed E-state index contributed by atoms with van der Waals surface area (Å²) in [6.07, 6.45) is 21.0. The van der Waals surface area contributed by atoms with Gasteiger partial charge in [0.1, 0.15) is 0 Å². The van der Waals surface area contributed by atoms with Crippen molar-refractivity contribution in [1.29, 1.82) is 0 Å². The molecular formula is C26H54N2O6S. The summed E-state index contributed by atoms with van der Waals surface area (Å²) >= 11 is 0. The van der Waals surface area contributed by atoms with Crippen LogP contribution in [-0.4, -0.2) is 68.3 Å². The van der Waals surface area contributed by atoms with Crippen molar-refractivity contribution in [3.05, 3.63) is 12.7 Å². The molecule has 1 amide bonds. The Kier molecular flexibility index (Phi) is 28.5. The molecule has 0 aliphatic rings. The molecule has 0 heterocycles. The van der Waals surface area contributed by atoms with Gasteiger partial charge in [0.05, 0.1) is 13.2 Å². The topological polar surface area (TPSA) is 116 Å². The minimum absolute atomic E-state index is 0.0289. The highest BCUT2D eigenvalue weighted by Gasteiger charge is 2.04. The lowest BCUT2D eigenvalue weighted by molar-refractivity contribution is -0.121. The molecule has 0 fully saturated rings. The number of carbonyl (C=O) groups is 1. The van der Waals surface area contributed by atoms with Crippen molar-refractivity contribution < 1.29 is 27.1 Å². The fourth-order valence-electron chi connectivity index (χ4n) is 3.68. The minimum atomic E-state index is -4.17. The van der Waals surface area contributed by atoms with Crippen LogP contribution in [-0.2, 0) is 19.4 Å². The van der Waals surface area contributed by atoms with Crippen molar-refractivity contribution in [2.75, 3.05) is 39.4 Å². The standard InChI is InChI=1S/C24H48N2O2.C2H6O4S/c1-3-5-6-7-8-9-10-11-12-13-14-15-16-17-18-19-24(28)25-20-21-26(4-2)22-23-27;1-2-6-7(3,4)5/h3,27H,1,4-23H2,2H3,(H,25,28);2H2,1H3,(H,3,4,5). The van der Waals surface area contributed by atoms with Crippen LogP contribution in [0.5, 0.6) is 0 Å². The lowest BCUT2D eigenvalue weighted by atomic mass is 10.0. The van der Waals surface area contributed by atoms with E-state index in [1.807, 2.05) is 6.08 Å². The second-order valence-corrected chi connectivity index (χ2v) is 9.86. The summed E-state index contributed by atoms with van der Waals surface area (Å²) in [4.78, 5) is 14.0. The van der Waals surface area contributed by atoms with Crippen LogP contribution in [0.2, 0.25) is 0 Å². The minimum Gasteiger partial charge on any atom is -0.395 e. The predicted octanol–water partition coefficient (Wildman–Crippen LogP) is 5.28. The summed E-state index contributed by atoms with van der Waals surface area (Å²) < 4.78 is 30.7. The first kappa shape index (κ1) is 36.2. The van der Waals surface area contributed by atoms with E-state index >= 15 is 0 Å². The molecule has 0 aliphatic carbocycles. The molecule has 0 bridgehead atoms. The van der Waals surface area contributed by atoms with Crippen LogP contribution >= 0.6 is 0 Å². The van der Waals surface area contributed by atoms with E-state index < -0.39 is 10.4 Å². The molecule has 0 aromatic heterocycles. The Hall–Kier alpha value is -1.00. The highest BCUT2D eigenvalue weighted by atomic mass is 32.3. The third-order valence-corrected chi connectivity index (χ3v) is 6.23. The molecule has 0 rings (SSSR count). The van der Waals surface area contributed by atoms with Crippen LogP contribution in [0.1, 0.15) is 110 Å². The molecule has 0 saturated heterocycles. The van der Waals surface area contributed by atoms with Crippen molar-refractivity contribution in [1.82, 2.24) is 10.2 Å². The average Bonchev–Trinajstić information content (AvgIpc) is 2.80. The number of aliphatic hydroxyl groups excluding tert-OH is 1. The van der Waals surface area contributed by atoms with Gasteiger partial charge in [0.2, 0.25) is 5.91 Å². The van der Waals surface area contributed by atoms with Gasteiger partial charge in [-0.2, -0.15) is 8.42 Å². The third-order valence-electron chi connectivity index (χ3n) is 5.69. The van der Waals surface area contributed by atoms with Gasteiger partial charge in [0.15, 0.2) is 0 Å². The van der Waals surface area contributed by atoms with Gasteiger partial charge in [-0.15, -0.1) is 6.58 Å². The number of rotatable bonds is 24. The monoisotopic (exact) mass is 522 g/mol. The van der Waals surface area contributed by atoms with E-state index in [0.717, 1.165) is 19.5 Å². The van der Waals surface area contributed by atoms with Crippen molar-refractivity contribution in [3.63, 3.8) is 0 Å². The van der Waals surface area contributed by atoms with Gasteiger partial charge in [-0.3, -0.25) is 14.2 Å². The summed E-state index contributed by atoms with van der Waals surface area (Å²) in [7, 11) is -4.17. The fraction of sp³-hybridized carbons (Fsp3) is 0.885. The molecule has 35 heavy (non-hydrogen) atoms. The van der Waals surface area contributed by atoms with Gasteiger partial charge >= 0.3 is 10.4 Å². The summed E-state index contributed by atoms with van der Waals surface area (Å²) in [5, 5.41) is 11.9. The van der Waals surface area contributed by atoms with E-state index in [9.17, 15) is 13.2 Å². The molecule has 0 spiro atoms. The third kappa shape index (κ3) is 33.0. The van der Waals surface area contributed by atoms with E-state index in [-0.39, 0.29) is 19.1 Å². The quantitative estimate of drug-likeness (QED) is 0.0897. The number of allylic oxidation sites excluding steroid dienone is 1. The number of hydrogen-bond acceptors (Lipinski definition) is 6. The number of amides is 1. The molecule has 0 saturated carbocycles. The van der Waals surface area contributed by atoms with Gasteiger partial charge in [0, 0.05) is 26.1 Å². The zero-order valence-electron chi connectivity index (χ0n) is 22.5. The Morgan fingerprint density at radius 3 is 1.74 bits per heavy atom. The normalized spacial score (nSPS) is 11.2. The maximum atomic E-state index is 11.8. The second-order valence-electron chi connectivity index (χ2n) is 8.77. The molecule has 0 unspecified atom stereocenters. The first-order valence-electron chi connectivity index (χ1n) is 13.6. The van der Waals surface area contributed by atoms with Crippen molar-refractivity contribution in [3.8, 4) is 0 Å². The largest absolute Gasteiger partial charge is 0.397 e. The number of unbranched alkanes of at least 4 members (excludes halogenated alkanes) is 13. The van der Waals surface area contributed by atoms with Crippen molar-refractivity contribution >= 4 is 16.3 Å². The molecule has 210 valence electrons. The molecular weight excluding hydrogens is 468 g/mol. The Balaban J connectivity index is 0. The van der Waals surface area contributed by atoms with E-state index in [0.29, 0.717) is 19.5 Å². The smallest absolute Gasteiger partial charge is 0.395 e. The number of hydrogen-bond donors (Lipinski definition) is 3. The van der Waals surface area contributed by atoms with E-state index in [2.05, 4.69) is 27.9 Å². The Labute approximate surface area is 215 Å². The van der Waals surface area contributed by atoms with E-state index in [1.165, 1.54) is 90.4 Å². The van der Waals surface area contributed by atoms with Gasteiger partial charge in [-0.1, -0.05) is 83.6 Å². The van der Waals surface area contributed by atoms with Crippen molar-refractivity contribution in [2.45, 2.75) is 110 Å². The van der Waals surface area contributed by atoms with Gasteiger partial charge in [-0.05, 0) is 32.7 Å². The number of likely N-dealkylation sites (N-methyl/N-ethyl adjacent to an activating group) is 1. The summed E-state index contributed by atoms with van der Waals surface area (Å²) in [6.45, 7) is 10.5. The van der Waals surface area contributed by atoms with Gasteiger partial charge < -0.3 is 10.4 Å². The van der Waals surface area contributed by atoms with Crippen molar-refractivity contribution in [2.24, 2.45) is 0 Å². The lowest BCUT2D eigenvalue weighted by Crippen LogP contribution is -2.36. The maximum Gasteiger partial charge on any atom is 0.397 e. The number of aliphatic hydroxyl groups is 1. The van der Waals surface area contributed by atoms with Crippen LogP contribution < -0.4 is 5.32 Å². The van der Waals surface area contributed by atoms with Gasteiger partial charge in [-0.25, -0.2) is 4.18 Å². The molecule has 0 atom stereocenters. The number of nitrogens with zero attached hydrogens (tertiary/aromatic N) is 1. The first-order valence-corrected chi connectivity index (χ1v) is 15.0. The Bertz CT molecular complexity index is 572. The van der Waals surface area contributed by atoms with Crippen LogP contribution in [0.25, 0.3) is 0 Å². The summed E-state index contributed by atoms with van der Waals surface area (Å²) in [5.74, 6) is 0.171. The summed E-state index contributed by atoms with van der Waals surface area (Å²) in [6, 6.07) is 0. The number of nitrogens with one attached hydrogen (secondary N) is 1. The zero-order valence-corrected chi connectivity index (χ0v) is 23.3. The lowest BCUT2D eigenvalue weighted by Gasteiger charge is -2.19. The summed E-state index contributed by atoms with van der Waals surface area (Å²) in [5.41, 5.74) is 0. The molecule has 0 aromatic carbocycles. The highest BCUT2D eigenvalue weighted by molar-refractivity contribution is 7.80.